The lowest BCUT2D eigenvalue weighted by atomic mass is 9.99. The van der Waals surface area contributed by atoms with Crippen molar-refractivity contribution in [3.63, 3.8) is 0 Å². The van der Waals surface area contributed by atoms with Crippen molar-refractivity contribution in [3.05, 3.63) is 71.2 Å². The van der Waals surface area contributed by atoms with Crippen LogP contribution in [0, 0.1) is 0 Å². The van der Waals surface area contributed by atoms with Crippen LogP contribution in [0.1, 0.15) is 18.4 Å². The number of carbonyl (C=O) groups excluding carboxylic acids is 1. The van der Waals surface area contributed by atoms with Crippen LogP contribution in [0.3, 0.4) is 0 Å². The first-order valence-corrected chi connectivity index (χ1v) is 14.9. The molecule has 43 heavy (non-hydrogen) atoms. The minimum absolute atomic E-state index is 0.0372. The van der Waals surface area contributed by atoms with Gasteiger partial charge in [-0.2, -0.15) is 4.98 Å². The molecule has 10 nitrogen and oxygen atoms in total. The predicted molar refractivity (Wildman–Crippen MR) is 163 cm³/mol. The number of H-pyrrole nitrogens is 1. The van der Waals surface area contributed by atoms with Crippen LogP contribution in [0.25, 0.3) is 33.3 Å². The van der Waals surface area contributed by atoms with E-state index in [1.807, 2.05) is 12.1 Å². The second-order valence-corrected chi connectivity index (χ2v) is 11.2. The molecule has 2 saturated heterocycles. The first-order chi connectivity index (χ1) is 21.0. The second kappa shape index (κ2) is 13.4. The van der Waals surface area contributed by atoms with E-state index in [0.717, 1.165) is 52.8 Å². The summed E-state index contributed by atoms with van der Waals surface area (Å²) in [5, 5.41) is 25.4. The monoisotopic (exact) mass is 606 g/mol. The zero-order chi connectivity index (χ0) is 29.8. The number of ether oxygens (including phenoxy) is 3. The quantitative estimate of drug-likeness (QED) is 0.155. The number of rotatable bonds is 12. The smallest absolute Gasteiger partial charge is 0.295 e. The number of benzene rings is 3. The molecule has 3 aromatic carbocycles. The van der Waals surface area contributed by atoms with Gasteiger partial charge in [0.15, 0.2) is 6.10 Å². The van der Waals surface area contributed by atoms with Gasteiger partial charge in [-0.1, -0.05) is 60.1 Å². The molecule has 0 unspecified atom stereocenters. The van der Waals surface area contributed by atoms with Gasteiger partial charge in [-0.25, -0.2) is 0 Å². The first kappa shape index (κ1) is 29.6. The van der Waals surface area contributed by atoms with Crippen LogP contribution in [0.15, 0.2) is 60.7 Å². The number of carbonyl (C=O) groups is 1. The first-order valence-electron chi connectivity index (χ1n) is 14.5. The number of hydrogen-bond acceptors (Lipinski definition) is 8. The number of halogens is 1. The molecule has 0 aliphatic carbocycles. The van der Waals surface area contributed by atoms with Crippen molar-refractivity contribution in [3.8, 4) is 28.3 Å². The highest BCUT2D eigenvalue weighted by molar-refractivity contribution is 6.34. The fourth-order valence-electron chi connectivity index (χ4n) is 5.52. The van der Waals surface area contributed by atoms with E-state index in [0.29, 0.717) is 30.6 Å². The molecule has 0 saturated carbocycles. The Balaban J connectivity index is 1.05. The molecule has 0 bridgehead atoms. The summed E-state index contributed by atoms with van der Waals surface area (Å²) >= 11 is 6.69. The van der Waals surface area contributed by atoms with E-state index in [-0.39, 0.29) is 37.4 Å². The molecule has 1 amide bonds. The molecule has 2 fully saturated rings. The van der Waals surface area contributed by atoms with Gasteiger partial charge in [0.05, 0.1) is 35.9 Å². The standard InChI is InChI=1S/C32H35ClN4O6/c33-24-15-26-25(36-32(37-26)43-28-18-42-30-27(39)17-41-31(28)30)14-23(24)22-9-7-21(8-10-22)20-5-3-19(4-6-20)16-34-11-1-2-29(40)35-12-13-38/h3-10,14-15,27-28,30-31,34,38-39H,1-2,11-13,16-18H2,(H,35,40)(H,36,37)/t27-,28-,30-,31-/m1/s1. The normalized spacial score (nSPS) is 21.3. The van der Waals surface area contributed by atoms with E-state index in [2.05, 4.69) is 69.1 Å². The van der Waals surface area contributed by atoms with E-state index in [1.165, 1.54) is 5.56 Å². The van der Waals surface area contributed by atoms with Crippen molar-refractivity contribution >= 4 is 28.5 Å². The van der Waals surface area contributed by atoms with Crippen LogP contribution in [0.2, 0.25) is 5.02 Å². The summed E-state index contributed by atoms with van der Waals surface area (Å²) in [4.78, 5) is 19.4. The van der Waals surface area contributed by atoms with E-state index in [4.69, 9.17) is 30.9 Å². The van der Waals surface area contributed by atoms with Gasteiger partial charge >= 0.3 is 0 Å². The van der Waals surface area contributed by atoms with E-state index in [9.17, 15) is 9.90 Å². The summed E-state index contributed by atoms with van der Waals surface area (Å²) in [6.07, 6.45) is -0.481. The van der Waals surface area contributed by atoms with Crippen LogP contribution in [-0.4, -0.2) is 83.4 Å². The summed E-state index contributed by atoms with van der Waals surface area (Å²) in [5.74, 6) is -0.0372. The molecule has 4 atom stereocenters. The Kier molecular flexibility index (Phi) is 9.22. The number of aliphatic hydroxyl groups excluding tert-OH is 2. The lowest BCUT2D eigenvalue weighted by molar-refractivity contribution is -0.121. The molecule has 2 aliphatic heterocycles. The minimum Gasteiger partial charge on any atom is -0.456 e. The number of fused-ring (bicyclic) bond motifs is 2. The minimum atomic E-state index is -0.633. The van der Waals surface area contributed by atoms with Gasteiger partial charge in [-0.3, -0.25) is 4.79 Å². The number of aromatic nitrogens is 2. The molecular formula is C32H35ClN4O6. The zero-order valence-electron chi connectivity index (χ0n) is 23.6. The van der Waals surface area contributed by atoms with E-state index in [1.54, 1.807) is 0 Å². The lowest BCUT2D eigenvalue weighted by Gasteiger charge is -2.15. The number of nitrogens with one attached hydrogen (secondary N) is 3. The van der Waals surface area contributed by atoms with Gasteiger partial charge in [-0.05, 0) is 47.4 Å². The maximum Gasteiger partial charge on any atom is 0.295 e. The molecule has 226 valence electrons. The molecule has 2 aliphatic rings. The van der Waals surface area contributed by atoms with Crippen LogP contribution >= 0.6 is 11.6 Å². The third-order valence-electron chi connectivity index (χ3n) is 7.80. The van der Waals surface area contributed by atoms with Gasteiger partial charge in [0.25, 0.3) is 6.01 Å². The molecule has 11 heteroatoms. The number of amides is 1. The maximum atomic E-state index is 11.6. The Labute approximate surface area is 254 Å². The number of hydrogen-bond donors (Lipinski definition) is 5. The second-order valence-electron chi connectivity index (χ2n) is 10.8. The van der Waals surface area contributed by atoms with Gasteiger partial charge in [0.1, 0.15) is 18.3 Å². The van der Waals surface area contributed by atoms with Crippen LogP contribution in [0.4, 0.5) is 0 Å². The highest BCUT2D eigenvalue weighted by atomic mass is 35.5. The van der Waals surface area contributed by atoms with Crippen molar-refractivity contribution in [2.24, 2.45) is 0 Å². The molecule has 6 rings (SSSR count). The van der Waals surface area contributed by atoms with E-state index < -0.39 is 6.10 Å². The van der Waals surface area contributed by atoms with Gasteiger partial charge in [0, 0.05) is 25.1 Å². The topological polar surface area (TPSA) is 138 Å². The third-order valence-corrected chi connectivity index (χ3v) is 8.11. The Hall–Kier alpha value is -3.51. The van der Waals surface area contributed by atoms with Crippen molar-refractivity contribution in [1.29, 1.82) is 0 Å². The molecular weight excluding hydrogens is 572 g/mol. The molecule has 5 N–H and O–H groups in total. The molecule has 0 spiro atoms. The van der Waals surface area contributed by atoms with Crippen molar-refractivity contribution < 1.29 is 29.2 Å². The summed E-state index contributed by atoms with van der Waals surface area (Å²) < 4.78 is 17.3. The van der Waals surface area contributed by atoms with Crippen molar-refractivity contribution in [1.82, 2.24) is 20.6 Å². The number of imidazole rings is 1. The van der Waals surface area contributed by atoms with Gasteiger partial charge in [0.2, 0.25) is 5.91 Å². The predicted octanol–water partition coefficient (Wildman–Crippen LogP) is 3.43. The third kappa shape index (κ3) is 6.85. The SMILES string of the molecule is O=C(CCCNCc1ccc(-c2ccc(-c3cc4nc(O[C@@H]5CO[C@H]6[C@@H]5OC[C@H]6O)[nH]c4cc3Cl)cc2)cc1)NCCO. The largest absolute Gasteiger partial charge is 0.456 e. The Morgan fingerprint density at radius 1 is 1.00 bits per heavy atom. The highest BCUT2D eigenvalue weighted by Gasteiger charge is 2.48. The average Bonchev–Trinajstić information content (AvgIpc) is 3.72. The van der Waals surface area contributed by atoms with Crippen molar-refractivity contribution in [2.45, 2.75) is 43.8 Å². The summed E-state index contributed by atoms with van der Waals surface area (Å²) in [6.45, 7) is 2.30. The fourth-order valence-corrected chi connectivity index (χ4v) is 5.79. The van der Waals surface area contributed by atoms with Crippen LogP contribution < -0.4 is 15.4 Å². The van der Waals surface area contributed by atoms with Gasteiger partial charge in [-0.15, -0.1) is 0 Å². The summed E-state index contributed by atoms with van der Waals surface area (Å²) in [6, 6.07) is 20.8. The summed E-state index contributed by atoms with van der Waals surface area (Å²) in [5.41, 5.74) is 6.73. The fraction of sp³-hybridized carbons (Fsp3) is 0.375. The Morgan fingerprint density at radius 3 is 2.49 bits per heavy atom. The summed E-state index contributed by atoms with van der Waals surface area (Å²) in [7, 11) is 0. The number of nitrogens with zero attached hydrogens (tertiary/aromatic N) is 1. The molecule has 3 heterocycles. The maximum absolute atomic E-state index is 11.6. The Bertz CT molecular complexity index is 1540. The molecule has 1 aromatic heterocycles. The Morgan fingerprint density at radius 2 is 1.72 bits per heavy atom. The number of aromatic amines is 1. The number of aliphatic hydroxyl groups is 2. The average molecular weight is 607 g/mol. The lowest BCUT2D eigenvalue weighted by Crippen LogP contribution is -2.34. The zero-order valence-corrected chi connectivity index (χ0v) is 24.3. The highest BCUT2D eigenvalue weighted by Crippen LogP contribution is 2.35. The molecule has 4 aromatic rings. The molecule has 0 radical (unpaired) electrons. The van der Waals surface area contributed by atoms with Gasteiger partial charge < -0.3 is 40.0 Å². The van der Waals surface area contributed by atoms with Crippen LogP contribution in [-0.2, 0) is 20.8 Å². The van der Waals surface area contributed by atoms with E-state index >= 15 is 0 Å². The van der Waals surface area contributed by atoms with Crippen LogP contribution in [0.5, 0.6) is 6.01 Å². The van der Waals surface area contributed by atoms with Crippen molar-refractivity contribution in [2.75, 3.05) is 32.9 Å².